The minimum Gasteiger partial charge on any atom is -0.325 e. The topological polar surface area (TPSA) is 64.0 Å². The molecule has 1 amide bonds. The molecular formula is C24H25N3O2S2. The van der Waals surface area contributed by atoms with Crippen molar-refractivity contribution in [1.82, 2.24) is 9.55 Å². The van der Waals surface area contributed by atoms with Gasteiger partial charge in [-0.2, -0.15) is 0 Å². The van der Waals surface area contributed by atoms with E-state index in [1.165, 1.54) is 17.3 Å². The van der Waals surface area contributed by atoms with Gasteiger partial charge in [0.15, 0.2) is 5.16 Å². The van der Waals surface area contributed by atoms with Crippen molar-refractivity contribution in [1.29, 1.82) is 0 Å². The van der Waals surface area contributed by atoms with Crippen molar-refractivity contribution >= 4 is 35.1 Å². The summed E-state index contributed by atoms with van der Waals surface area (Å²) in [5.74, 6) is 0.0930. The number of thioether (sulfide) groups is 2. The number of rotatable bonds is 7. The highest BCUT2D eigenvalue weighted by molar-refractivity contribution is 8.00. The fourth-order valence-corrected chi connectivity index (χ4v) is 5.53. The van der Waals surface area contributed by atoms with Gasteiger partial charge in [0.05, 0.1) is 16.3 Å². The molecule has 3 aromatic rings. The number of aromatic nitrogens is 2. The third-order valence-corrected chi connectivity index (χ3v) is 7.26. The molecule has 0 spiro atoms. The zero-order valence-electron chi connectivity index (χ0n) is 17.6. The quantitative estimate of drug-likeness (QED) is 0.421. The largest absolute Gasteiger partial charge is 0.325 e. The second-order valence-electron chi connectivity index (χ2n) is 7.70. The molecule has 1 atom stereocenters. The second kappa shape index (κ2) is 9.75. The second-order valence-corrected chi connectivity index (χ2v) is 10.1. The first-order valence-electron chi connectivity index (χ1n) is 10.3. The lowest BCUT2D eigenvalue weighted by Gasteiger charge is -2.14. The van der Waals surface area contributed by atoms with Crippen molar-refractivity contribution in [2.75, 3.05) is 11.1 Å². The van der Waals surface area contributed by atoms with Crippen LogP contribution in [-0.4, -0.2) is 26.5 Å². The fraction of sp³-hybridized carbons (Fsp3) is 0.292. The lowest BCUT2D eigenvalue weighted by molar-refractivity contribution is -0.113. The van der Waals surface area contributed by atoms with Gasteiger partial charge in [-0.25, -0.2) is 4.98 Å². The Labute approximate surface area is 190 Å². The van der Waals surface area contributed by atoms with Crippen LogP contribution in [0.4, 0.5) is 5.69 Å². The van der Waals surface area contributed by atoms with E-state index in [1.807, 2.05) is 49.4 Å². The number of carbonyl (C=O) groups is 1. The third kappa shape index (κ3) is 5.40. The highest BCUT2D eigenvalue weighted by atomic mass is 32.2. The average molecular weight is 452 g/mol. The smallest absolute Gasteiger partial charge is 0.268 e. The molecule has 1 aromatic heterocycles. The van der Waals surface area contributed by atoms with E-state index in [-0.39, 0.29) is 17.2 Å². The molecule has 0 bridgehead atoms. The van der Waals surface area contributed by atoms with E-state index < -0.39 is 0 Å². The van der Waals surface area contributed by atoms with E-state index in [0.717, 1.165) is 34.7 Å². The molecule has 0 saturated heterocycles. The molecule has 1 aliphatic rings. The van der Waals surface area contributed by atoms with Crippen LogP contribution < -0.4 is 10.9 Å². The van der Waals surface area contributed by atoms with Crippen LogP contribution in [0.25, 0.3) is 0 Å². The van der Waals surface area contributed by atoms with Crippen LogP contribution in [0, 0.1) is 6.92 Å². The summed E-state index contributed by atoms with van der Waals surface area (Å²) in [7, 11) is 0. The van der Waals surface area contributed by atoms with Crippen molar-refractivity contribution in [2.45, 2.75) is 48.5 Å². The van der Waals surface area contributed by atoms with Gasteiger partial charge >= 0.3 is 0 Å². The molecule has 7 heteroatoms. The summed E-state index contributed by atoms with van der Waals surface area (Å²) >= 11 is 2.93. The highest BCUT2D eigenvalue weighted by Gasteiger charge is 2.26. The van der Waals surface area contributed by atoms with Crippen LogP contribution in [-0.2, 0) is 24.2 Å². The van der Waals surface area contributed by atoms with E-state index in [9.17, 15) is 9.59 Å². The Balaban J connectivity index is 1.52. The number of hydrogen-bond acceptors (Lipinski definition) is 5. The number of carbonyl (C=O) groups excluding carboxylic acids is 1. The van der Waals surface area contributed by atoms with Crippen molar-refractivity contribution in [3.8, 4) is 0 Å². The Bertz CT molecular complexity index is 1150. The standard InChI is InChI=1S/C24H25N3O2S2/c1-16-7-6-10-19(13-16)25-21(28)15-30-24-26-20-14-17(2)31-22(20)23(29)27(24)12-11-18-8-4-3-5-9-18/h3-10,13,17H,11-12,14-15H2,1-2H3,(H,25,28). The van der Waals surface area contributed by atoms with E-state index in [2.05, 4.69) is 24.4 Å². The lowest BCUT2D eigenvalue weighted by atomic mass is 10.1. The molecule has 5 nitrogen and oxygen atoms in total. The maximum absolute atomic E-state index is 13.2. The number of hydrogen-bond donors (Lipinski definition) is 1. The van der Waals surface area contributed by atoms with Gasteiger partial charge in [-0.05, 0) is 36.6 Å². The molecule has 2 aromatic carbocycles. The summed E-state index contributed by atoms with van der Waals surface area (Å²) in [6.07, 6.45) is 1.53. The van der Waals surface area contributed by atoms with Gasteiger partial charge in [0.25, 0.3) is 5.56 Å². The average Bonchev–Trinajstić information content (AvgIpc) is 3.13. The zero-order chi connectivity index (χ0) is 21.8. The molecule has 1 unspecified atom stereocenters. The van der Waals surface area contributed by atoms with E-state index >= 15 is 0 Å². The first-order chi connectivity index (χ1) is 15.0. The molecule has 1 N–H and O–H groups in total. The third-order valence-electron chi connectivity index (χ3n) is 5.06. The van der Waals surface area contributed by atoms with Crippen LogP contribution >= 0.6 is 23.5 Å². The Morgan fingerprint density at radius 3 is 2.81 bits per heavy atom. The Kier molecular flexibility index (Phi) is 6.83. The molecule has 160 valence electrons. The first-order valence-corrected chi connectivity index (χ1v) is 12.2. The minimum absolute atomic E-state index is 0.0110. The van der Waals surface area contributed by atoms with Crippen molar-refractivity contribution in [3.63, 3.8) is 0 Å². The van der Waals surface area contributed by atoms with E-state index in [1.54, 1.807) is 16.3 Å². The monoisotopic (exact) mass is 451 g/mol. The first kappa shape index (κ1) is 21.7. The number of benzene rings is 2. The maximum Gasteiger partial charge on any atom is 0.268 e. The van der Waals surface area contributed by atoms with Gasteiger partial charge in [0, 0.05) is 23.9 Å². The maximum atomic E-state index is 13.2. The van der Waals surface area contributed by atoms with Gasteiger partial charge < -0.3 is 5.32 Å². The molecule has 31 heavy (non-hydrogen) atoms. The number of anilines is 1. The number of fused-ring (bicyclic) bond motifs is 1. The van der Waals surface area contributed by atoms with E-state index in [0.29, 0.717) is 17.0 Å². The summed E-state index contributed by atoms with van der Waals surface area (Å²) in [5, 5.41) is 3.89. The molecular weight excluding hydrogens is 426 g/mol. The minimum atomic E-state index is -0.109. The Hall–Kier alpha value is -2.51. The number of nitrogens with one attached hydrogen (secondary N) is 1. The van der Waals surface area contributed by atoms with Gasteiger partial charge in [0.2, 0.25) is 5.91 Å². The van der Waals surface area contributed by atoms with Crippen LogP contribution in [0.2, 0.25) is 0 Å². The van der Waals surface area contributed by atoms with Crippen LogP contribution in [0.15, 0.2) is 69.4 Å². The van der Waals surface area contributed by atoms with E-state index in [4.69, 9.17) is 4.98 Å². The molecule has 1 aliphatic heterocycles. The Morgan fingerprint density at radius 2 is 2.03 bits per heavy atom. The summed E-state index contributed by atoms with van der Waals surface area (Å²) in [6, 6.07) is 17.8. The van der Waals surface area contributed by atoms with Gasteiger partial charge in [0.1, 0.15) is 0 Å². The van der Waals surface area contributed by atoms with Crippen LogP contribution in [0.3, 0.4) is 0 Å². The summed E-state index contributed by atoms with van der Waals surface area (Å²) in [5.41, 5.74) is 3.91. The van der Waals surface area contributed by atoms with Crippen LogP contribution in [0.1, 0.15) is 23.7 Å². The predicted molar refractivity (Wildman–Crippen MR) is 128 cm³/mol. The Morgan fingerprint density at radius 1 is 1.23 bits per heavy atom. The number of nitrogens with zero attached hydrogens (tertiary/aromatic N) is 2. The van der Waals surface area contributed by atoms with Gasteiger partial charge in [-0.1, -0.05) is 61.2 Å². The highest BCUT2D eigenvalue weighted by Crippen LogP contribution is 2.34. The number of amides is 1. The molecule has 0 saturated carbocycles. The van der Waals surface area contributed by atoms with Gasteiger partial charge in [-0.3, -0.25) is 14.2 Å². The van der Waals surface area contributed by atoms with Crippen molar-refractivity contribution in [2.24, 2.45) is 0 Å². The molecule has 0 aliphatic carbocycles. The summed E-state index contributed by atoms with van der Waals surface area (Å²) < 4.78 is 1.74. The lowest BCUT2D eigenvalue weighted by Crippen LogP contribution is -2.27. The van der Waals surface area contributed by atoms with Crippen molar-refractivity contribution in [3.05, 3.63) is 81.8 Å². The number of aryl methyl sites for hydroxylation is 2. The normalized spacial score (nSPS) is 15.0. The SMILES string of the molecule is Cc1cccc(NC(=O)CSc2nc3c(c(=O)n2CCc2ccccc2)SC(C)C3)c1. The summed E-state index contributed by atoms with van der Waals surface area (Å²) in [6.45, 7) is 4.64. The molecule has 0 radical (unpaired) electrons. The summed E-state index contributed by atoms with van der Waals surface area (Å²) in [4.78, 5) is 31.3. The van der Waals surface area contributed by atoms with Crippen molar-refractivity contribution < 1.29 is 4.79 Å². The van der Waals surface area contributed by atoms with Gasteiger partial charge in [-0.15, -0.1) is 11.8 Å². The fourth-order valence-electron chi connectivity index (χ4n) is 3.57. The predicted octanol–water partition coefficient (Wildman–Crippen LogP) is 4.56. The molecule has 2 heterocycles. The zero-order valence-corrected chi connectivity index (χ0v) is 19.3. The molecule has 4 rings (SSSR count). The van der Waals surface area contributed by atoms with Crippen LogP contribution in [0.5, 0.6) is 0 Å². The molecule has 0 fully saturated rings.